The Morgan fingerprint density at radius 1 is 1.31 bits per heavy atom. The van der Waals surface area contributed by atoms with Crippen molar-refractivity contribution in [1.29, 1.82) is 0 Å². The van der Waals surface area contributed by atoms with Gasteiger partial charge in [-0.25, -0.2) is 13.8 Å². The number of anilines is 1. The number of aromatic nitrogens is 2. The van der Waals surface area contributed by atoms with E-state index in [0.29, 0.717) is 0 Å². The summed E-state index contributed by atoms with van der Waals surface area (Å²) in [6.45, 7) is 0. The fraction of sp³-hybridized carbons (Fsp3) is 0.222. The van der Waals surface area contributed by atoms with Gasteiger partial charge in [-0.1, -0.05) is 6.07 Å². The molecule has 3 N–H and O–H groups in total. The summed E-state index contributed by atoms with van der Waals surface area (Å²) in [5.74, 6) is -5.37. The molecule has 0 amide bonds. The van der Waals surface area contributed by atoms with Gasteiger partial charge in [0.15, 0.2) is 5.82 Å². The molecule has 0 unspecified atom stereocenters. The largest absolute Gasteiger partial charge is 0.397 e. The highest BCUT2D eigenvalue weighted by molar-refractivity contribution is 5.86. The third-order valence-electron chi connectivity index (χ3n) is 2.13. The number of hydrogen-bond acceptors (Lipinski definition) is 2. The van der Waals surface area contributed by atoms with E-state index in [2.05, 4.69) is 9.97 Å². The van der Waals surface area contributed by atoms with Crippen molar-refractivity contribution in [2.75, 3.05) is 5.73 Å². The van der Waals surface area contributed by atoms with E-state index in [1.807, 2.05) is 0 Å². The minimum absolute atomic E-state index is 0.0674. The van der Waals surface area contributed by atoms with Crippen LogP contribution in [0.2, 0.25) is 0 Å². The number of nitrogens with one attached hydrogen (secondary N) is 1. The van der Waals surface area contributed by atoms with Gasteiger partial charge in [-0.15, -0.1) is 0 Å². The molecule has 1 heterocycles. The Labute approximate surface area is 87.3 Å². The molecule has 2 rings (SSSR count). The van der Waals surface area contributed by atoms with Crippen LogP contribution in [-0.2, 0) is 5.92 Å². The van der Waals surface area contributed by atoms with Crippen LogP contribution in [0.5, 0.6) is 0 Å². The summed E-state index contributed by atoms with van der Waals surface area (Å²) in [6.07, 6.45) is -3.81. The molecule has 0 spiro atoms. The van der Waals surface area contributed by atoms with Gasteiger partial charge in [0, 0.05) is 0 Å². The number of halogens is 4. The van der Waals surface area contributed by atoms with Crippen LogP contribution in [0, 0.1) is 0 Å². The molecule has 16 heavy (non-hydrogen) atoms. The number of rotatable bonds is 2. The first-order valence-electron chi connectivity index (χ1n) is 4.33. The van der Waals surface area contributed by atoms with Crippen LogP contribution in [0.15, 0.2) is 18.2 Å². The van der Waals surface area contributed by atoms with E-state index in [1.54, 1.807) is 0 Å². The summed E-state index contributed by atoms with van der Waals surface area (Å²) in [7, 11) is 0. The molecule has 0 aliphatic carbocycles. The molecule has 7 heteroatoms. The summed E-state index contributed by atoms with van der Waals surface area (Å²) < 4.78 is 50.1. The van der Waals surface area contributed by atoms with Gasteiger partial charge in [-0.2, -0.15) is 8.78 Å². The topological polar surface area (TPSA) is 54.7 Å². The van der Waals surface area contributed by atoms with Gasteiger partial charge in [-0.3, -0.25) is 0 Å². The smallest absolute Gasteiger partial charge is 0.363 e. The molecule has 0 saturated heterocycles. The van der Waals surface area contributed by atoms with Crippen LogP contribution in [0.3, 0.4) is 0 Å². The first-order valence-corrected chi connectivity index (χ1v) is 4.33. The zero-order chi connectivity index (χ0) is 11.9. The molecule has 3 nitrogen and oxygen atoms in total. The monoisotopic (exact) mass is 233 g/mol. The lowest BCUT2D eigenvalue weighted by atomic mass is 10.3. The lowest BCUT2D eigenvalue weighted by Crippen LogP contribution is -2.25. The maximum Gasteiger partial charge on any atom is 0.363 e. The first kappa shape index (κ1) is 10.7. The number of nitrogen functional groups attached to an aromatic ring is 1. The number of imidazole rings is 1. The van der Waals surface area contributed by atoms with Crippen molar-refractivity contribution in [1.82, 2.24) is 9.97 Å². The summed E-state index contributed by atoms with van der Waals surface area (Å²) >= 11 is 0. The molecule has 0 radical (unpaired) electrons. The number of nitrogens with zero attached hydrogens (tertiary/aromatic N) is 1. The molecule has 0 aliphatic rings. The SMILES string of the molecule is Nc1cccc2[nH]c(C(F)(F)C(F)F)nc12. The van der Waals surface area contributed by atoms with Gasteiger partial charge < -0.3 is 10.7 Å². The number of nitrogens with two attached hydrogens (primary N) is 1. The molecule has 1 aromatic heterocycles. The highest BCUT2D eigenvalue weighted by Gasteiger charge is 2.45. The van der Waals surface area contributed by atoms with E-state index in [9.17, 15) is 17.6 Å². The Morgan fingerprint density at radius 3 is 2.56 bits per heavy atom. The Kier molecular flexibility index (Phi) is 2.25. The van der Waals surface area contributed by atoms with Crippen molar-refractivity contribution in [3.63, 3.8) is 0 Å². The fourth-order valence-electron chi connectivity index (χ4n) is 1.32. The second-order valence-electron chi connectivity index (χ2n) is 3.25. The van der Waals surface area contributed by atoms with Crippen LogP contribution in [0.1, 0.15) is 5.82 Å². The molecule has 1 aromatic carbocycles. The van der Waals surface area contributed by atoms with Crippen molar-refractivity contribution >= 4 is 16.7 Å². The minimum atomic E-state index is -4.30. The van der Waals surface area contributed by atoms with Crippen LogP contribution in [0.4, 0.5) is 23.2 Å². The minimum Gasteiger partial charge on any atom is -0.397 e. The van der Waals surface area contributed by atoms with Gasteiger partial charge in [-0.05, 0) is 12.1 Å². The van der Waals surface area contributed by atoms with Crippen molar-refractivity contribution in [2.45, 2.75) is 12.3 Å². The zero-order valence-corrected chi connectivity index (χ0v) is 7.85. The lowest BCUT2D eigenvalue weighted by molar-refractivity contribution is -0.140. The molecule has 0 aliphatic heterocycles. The van der Waals surface area contributed by atoms with Crippen molar-refractivity contribution < 1.29 is 17.6 Å². The maximum absolute atomic E-state index is 13.0. The van der Waals surface area contributed by atoms with Crippen LogP contribution < -0.4 is 5.73 Å². The summed E-state index contributed by atoms with van der Waals surface area (Å²) in [5.41, 5.74) is 5.90. The third-order valence-corrected chi connectivity index (χ3v) is 2.13. The van der Waals surface area contributed by atoms with Crippen LogP contribution in [-0.4, -0.2) is 16.4 Å². The standard InChI is InChI=1S/C9H7F4N3/c10-7(11)9(12,13)8-15-5-3-1-2-4(14)6(5)16-8/h1-3,7H,14H2,(H,15,16). The zero-order valence-electron chi connectivity index (χ0n) is 7.85. The predicted molar refractivity (Wildman–Crippen MR) is 50.4 cm³/mol. The van der Waals surface area contributed by atoms with Crippen molar-refractivity contribution in [3.8, 4) is 0 Å². The normalized spacial score (nSPS) is 12.6. The van der Waals surface area contributed by atoms with E-state index in [4.69, 9.17) is 5.73 Å². The second-order valence-corrected chi connectivity index (χ2v) is 3.25. The third kappa shape index (κ3) is 1.48. The molecular formula is C9H7F4N3. The summed E-state index contributed by atoms with van der Waals surface area (Å²) in [6, 6.07) is 4.40. The van der Waals surface area contributed by atoms with E-state index < -0.39 is 18.2 Å². The highest BCUT2D eigenvalue weighted by Crippen LogP contribution is 2.34. The van der Waals surface area contributed by atoms with E-state index >= 15 is 0 Å². The lowest BCUT2D eigenvalue weighted by Gasteiger charge is -2.11. The van der Waals surface area contributed by atoms with Gasteiger partial charge in [0.1, 0.15) is 5.52 Å². The number of para-hydroxylation sites is 1. The van der Waals surface area contributed by atoms with Gasteiger partial charge in [0.2, 0.25) is 0 Å². The van der Waals surface area contributed by atoms with Crippen LogP contribution >= 0.6 is 0 Å². The molecule has 0 saturated carbocycles. The van der Waals surface area contributed by atoms with Gasteiger partial charge in [0.05, 0.1) is 11.2 Å². The Balaban J connectivity index is 2.60. The fourth-order valence-corrected chi connectivity index (χ4v) is 1.32. The average Bonchev–Trinajstić information content (AvgIpc) is 2.63. The molecule has 0 bridgehead atoms. The van der Waals surface area contributed by atoms with Gasteiger partial charge >= 0.3 is 12.3 Å². The van der Waals surface area contributed by atoms with E-state index in [-0.39, 0.29) is 16.7 Å². The molecular weight excluding hydrogens is 226 g/mol. The quantitative estimate of drug-likeness (QED) is 0.618. The number of alkyl halides is 4. The highest BCUT2D eigenvalue weighted by atomic mass is 19.3. The Bertz CT molecular complexity index is 520. The Morgan fingerprint density at radius 2 is 2.00 bits per heavy atom. The maximum atomic E-state index is 13.0. The second kappa shape index (κ2) is 3.36. The van der Waals surface area contributed by atoms with Crippen molar-refractivity contribution in [2.24, 2.45) is 0 Å². The van der Waals surface area contributed by atoms with E-state index in [1.165, 1.54) is 18.2 Å². The predicted octanol–water partition coefficient (Wildman–Crippen LogP) is 2.50. The summed E-state index contributed by atoms with van der Waals surface area (Å²) in [4.78, 5) is 5.53. The molecule has 0 atom stereocenters. The van der Waals surface area contributed by atoms with Crippen molar-refractivity contribution in [3.05, 3.63) is 24.0 Å². The molecule has 2 aromatic rings. The van der Waals surface area contributed by atoms with Gasteiger partial charge in [0.25, 0.3) is 0 Å². The summed E-state index contributed by atoms with van der Waals surface area (Å²) in [5, 5.41) is 0. The number of fused-ring (bicyclic) bond motifs is 1. The number of benzene rings is 1. The number of H-pyrrole nitrogens is 1. The number of hydrogen-bond donors (Lipinski definition) is 2. The van der Waals surface area contributed by atoms with Crippen LogP contribution in [0.25, 0.3) is 11.0 Å². The Hall–Kier alpha value is -1.79. The molecule has 0 fully saturated rings. The average molecular weight is 233 g/mol. The van der Waals surface area contributed by atoms with E-state index in [0.717, 1.165) is 0 Å². The molecule has 86 valence electrons. The number of aromatic amines is 1. The first-order chi connectivity index (χ1) is 7.43.